The fraction of sp³-hybridized carbons (Fsp3) is 0.900. The number of alkyl halides is 3. The van der Waals surface area contributed by atoms with E-state index in [1.54, 1.807) is 0 Å². The fourth-order valence-electron chi connectivity index (χ4n) is 4.86. The lowest BCUT2D eigenvalue weighted by molar-refractivity contribution is -0.192. The zero-order chi connectivity index (χ0) is 21.7. The minimum atomic E-state index is -5.08. The SMILES string of the molecule is O=C(O)C(F)(F)F.O=C([C@@H]1C[C@@H]2CCN(CC3CCCC3)C[C@H]2O1)N1CCOCC1. The number of aliphatic carboxylic acids is 1. The monoisotopic (exact) mass is 436 g/mol. The second kappa shape index (κ2) is 10.3. The van der Waals surface area contributed by atoms with Crippen LogP contribution in [0.15, 0.2) is 0 Å². The van der Waals surface area contributed by atoms with Gasteiger partial charge in [-0.25, -0.2) is 4.79 Å². The third-order valence-corrected chi connectivity index (χ3v) is 6.47. The number of carbonyl (C=O) groups excluding carboxylic acids is 1. The molecular formula is C20H31F3N2O5. The van der Waals surface area contributed by atoms with Crippen LogP contribution in [0.1, 0.15) is 38.5 Å². The Morgan fingerprint density at radius 1 is 1.03 bits per heavy atom. The molecule has 4 fully saturated rings. The van der Waals surface area contributed by atoms with Crippen molar-refractivity contribution in [3.63, 3.8) is 0 Å². The van der Waals surface area contributed by atoms with Crippen molar-refractivity contribution in [2.24, 2.45) is 11.8 Å². The van der Waals surface area contributed by atoms with Gasteiger partial charge in [-0.05, 0) is 44.1 Å². The summed E-state index contributed by atoms with van der Waals surface area (Å²) in [5, 5.41) is 7.12. The summed E-state index contributed by atoms with van der Waals surface area (Å²) in [5.41, 5.74) is 0. The number of nitrogens with zero attached hydrogens (tertiary/aromatic N) is 2. The molecule has 3 atom stereocenters. The first-order valence-corrected chi connectivity index (χ1v) is 10.8. The summed E-state index contributed by atoms with van der Waals surface area (Å²) < 4.78 is 43.3. The molecule has 10 heteroatoms. The Morgan fingerprint density at radius 2 is 1.67 bits per heavy atom. The number of carboxylic acids is 1. The molecular weight excluding hydrogens is 405 g/mol. The Morgan fingerprint density at radius 3 is 2.27 bits per heavy atom. The lowest BCUT2D eigenvalue weighted by Gasteiger charge is -2.35. The highest BCUT2D eigenvalue weighted by atomic mass is 19.4. The molecule has 3 aliphatic heterocycles. The van der Waals surface area contributed by atoms with Crippen molar-refractivity contribution < 1.29 is 37.3 Å². The van der Waals surface area contributed by atoms with Gasteiger partial charge in [-0.3, -0.25) is 4.79 Å². The largest absolute Gasteiger partial charge is 0.490 e. The van der Waals surface area contributed by atoms with E-state index in [2.05, 4.69) is 4.90 Å². The molecule has 3 heterocycles. The molecule has 1 amide bonds. The van der Waals surface area contributed by atoms with Crippen molar-refractivity contribution in [2.45, 2.75) is 56.9 Å². The molecule has 0 aromatic rings. The predicted molar refractivity (Wildman–Crippen MR) is 101 cm³/mol. The molecule has 0 radical (unpaired) electrons. The Hall–Kier alpha value is -1.39. The lowest BCUT2D eigenvalue weighted by Crippen LogP contribution is -2.46. The minimum absolute atomic E-state index is 0.199. The number of hydrogen-bond donors (Lipinski definition) is 1. The van der Waals surface area contributed by atoms with Crippen molar-refractivity contribution in [1.82, 2.24) is 9.80 Å². The maximum Gasteiger partial charge on any atom is 0.490 e. The molecule has 0 unspecified atom stereocenters. The van der Waals surface area contributed by atoms with Crippen LogP contribution in [0.3, 0.4) is 0 Å². The van der Waals surface area contributed by atoms with Crippen LogP contribution < -0.4 is 0 Å². The number of fused-ring (bicyclic) bond motifs is 1. The number of piperidine rings is 1. The van der Waals surface area contributed by atoms with Crippen LogP contribution in [0.4, 0.5) is 13.2 Å². The molecule has 1 saturated carbocycles. The summed E-state index contributed by atoms with van der Waals surface area (Å²) in [6.45, 7) is 6.26. The van der Waals surface area contributed by atoms with Gasteiger partial charge in [0.25, 0.3) is 5.91 Å². The summed E-state index contributed by atoms with van der Waals surface area (Å²) >= 11 is 0. The second-order valence-electron chi connectivity index (χ2n) is 8.60. The molecule has 0 spiro atoms. The van der Waals surface area contributed by atoms with Gasteiger partial charge in [-0.1, -0.05) is 12.8 Å². The van der Waals surface area contributed by atoms with Gasteiger partial charge in [0.15, 0.2) is 0 Å². The summed E-state index contributed by atoms with van der Waals surface area (Å²) in [6, 6.07) is 0. The first-order chi connectivity index (χ1) is 14.2. The number of ether oxygens (including phenoxy) is 2. The van der Waals surface area contributed by atoms with Crippen LogP contribution in [-0.2, 0) is 19.1 Å². The summed E-state index contributed by atoms with van der Waals surface area (Å²) in [7, 11) is 0. The average molecular weight is 436 g/mol. The third-order valence-electron chi connectivity index (χ3n) is 6.47. The highest BCUT2D eigenvalue weighted by Crippen LogP contribution is 2.35. The van der Waals surface area contributed by atoms with Crippen molar-refractivity contribution in [2.75, 3.05) is 45.9 Å². The van der Waals surface area contributed by atoms with Crippen LogP contribution in [0.5, 0.6) is 0 Å². The number of hydrogen-bond acceptors (Lipinski definition) is 5. The van der Waals surface area contributed by atoms with E-state index in [1.165, 1.54) is 45.2 Å². The first-order valence-electron chi connectivity index (χ1n) is 10.8. The smallest absolute Gasteiger partial charge is 0.475 e. The van der Waals surface area contributed by atoms with Crippen molar-refractivity contribution >= 4 is 11.9 Å². The molecule has 1 N–H and O–H groups in total. The van der Waals surface area contributed by atoms with Crippen LogP contribution in [-0.4, -0.2) is 91.1 Å². The maximum atomic E-state index is 12.6. The highest BCUT2D eigenvalue weighted by Gasteiger charge is 2.43. The fourth-order valence-corrected chi connectivity index (χ4v) is 4.86. The van der Waals surface area contributed by atoms with Gasteiger partial charge in [0, 0.05) is 26.2 Å². The topological polar surface area (TPSA) is 79.3 Å². The summed E-state index contributed by atoms with van der Waals surface area (Å²) in [6.07, 6.45) is 2.76. The molecule has 7 nitrogen and oxygen atoms in total. The van der Waals surface area contributed by atoms with Crippen molar-refractivity contribution in [1.29, 1.82) is 0 Å². The molecule has 1 aliphatic carbocycles. The number of likely N-dealkylation sites (tertiary alicyclic amines) is 1. The zero-order valence-electron chi connectivity index (χ0n) is 17.1. The average Bonchev–Trinajstić information content (AvgIpc) is 3.37. The van der Waals surface area contributed by atoms with E-state index < -0.39 is 12.1 Å². The van der Waals surface area contributed by atoms with Gasteiger partial charge in [0.05, 0.1) is 19.3 Å². The van der Waals surface area contributed by atoms with Crippen LogP contribution in [0, 0.1) is 11.8 Å². The van der Waals surface area contributed by atoms with E-state index in [0.717, 1.165) is 32.0 Å². The first kappa shape index (κ1) is 23.3. The van der Waals surface area contributed by atoms with E-state index in [1.807, 2.05) is 4.90 Å². The standard InChI is InChI=1S/C18H30N2O3.C2HF3O2/c21-18(20-7-9-22-10-8-20)16-11-15-5-6-19(13-17(15)23-16)12-14-3-1-2-4-14;3-2(4,5)1(6)7/h14-17H,1-13H2;(H,6,7)/t15-,16-,17+;/m0./s1. The summed E-state index contributed by atoms with van der Waals surface area (Å²) in [5.74, 6) is -1.07. The Labute approximate surface area is 174 Å². The zero-order valence-corrected chi connectivity index (χ0v) is 17.1. The van der Waals surface area contributed by atoms with Crippen molar-refractivity contribution in [3.8, 4) is 0 Å². The van der Waals surface area contributed by atoms with E-state index in [4.69, 9.17) is 19.4 Å². The predicted octanol–water partition coefficient (Wildman–Crippen LogP) is 2.15. The van der Waals surface area contributed by atoms with Gasteiger partial charge in [-0.15, -0.1) is 0 Å². The highest BCUT2D eigenvalue weighted by molar-refractivity contribution is 5.81. The second-order valence-corrected chi connectivity index (χ2v) is 8.60. The number of morpholine rings is 1. The number of halogens is 3. The third kappa shape index (κ3) is 6.31. The summed E-state index contributed by atoms with van der Waals surface area (Å²) in [4.78, 5) is 26.1. The Bertz CT molecular complexity index is 591. The number of carboxylic acid groups (broad SMARTS) is 1. The minimum Gasteiger partial charge on any atom is -0.475 e. The van der Waals surface area contributed by atoms with E-state index >= 15 is 0 Å². The number of amides is 1. The van der Waals surface area contributed by atoms with Gasteiger partial charge in [0.1, 0.15) is 6.10 Å². The molecule has 4 aliphatic rings. The molecule has 0 bridgehead atoms. The van der Waals surface area contributed by atoms with Gasteiger partial charge < -0.3 is 24.4 Å². The van der Waals surface area contributed by atoms with E-state index in [-0.39, 0.29) is 18.1 Å². The maximum absolute atomic E-state index is 12.6. The van der Waals surface area contributed by atoms with Gasteiger partial charge >= 0.3 is 12.1 Å². The Kier molecular flexibility index (Phi) is 7.98. The molecule has 172 valence electrons. The van der Waals surface area contributed by atoms with Gasteiger partial charge in [-0.2, -0.15) is 13.2 Å². The molecule has 0 aromatic heterocycles. The molecule has 3 saturated heterocycles. The number of rotatable bonds is 3. The lowest BCUT2D eigenvalue weighted by atomic mass is 9.91. The molecule has 30 heavy (non-hydrogen) atoms. The quantitative estimate of drug-likeness (QED) is 0.731. The van der Waals surface area contributed by atoms with Crippen molar-refractivity contribution in [3.05, 3.63) is 0 Å². The molecule has 0 aromatic carbocycles. The van der Waals surface area contributed by atoms with E-state index in [0.29, 0.717) is 19.1 Å². The van der Waals surface area contributed by atoms with Crippen LogP contribution >= 0.6 is 0 Å². The van der Waals surface area contributed by atoms with Gasteiger partial charge in [0.2, 0.25) is 0 Å². The molecule has 4 rings (SSSR count). The van der Waals surface area contributed by atoms with Crippen LogP contribution in [0.2, 0.25) is 0 Å². The number of carbonyl (C=O) groups is 2. The Balaban J connectivity index is 0.000000318. The normalized spacial score (nSPS) is 30.5. The van der Waals surface area contributed by atoms with E-state index in [9.17, 15) is 18.0 Å². The van der Waals surface area contributed by atoms with Crippen LogP contribution in [0.25, 0.3) is 0 Å².